The molecule has 142 valence electrons. The van der Waals surface area contributed by atoms with E-state index in [1.54, 1.807) is 12.1 Å². The second kappa shape index (κ2) is 13.9. The van der Waals surface area contributed by atoms with Crippen molar-refractivity contribution < 1.29 is 9.18 Å². The first-order valence-electron chi connectivity index (χ1n) is 10.2. The van der Waals surface area contributed by atoms with Gasteiger partial charge in [0.1, 0.15) is 5.82 Å². The van der Waals surface area contributed by atoms with Gasteiger partial charge in [-0.1, -0.05) is 71.6 Å². The Morgan fingerprint density at radius 3 is 1.68 bits per heavy atom. The topological polar surface area (TPSA) is 20.3 Å². The third-order valence-electron chi connectivity index (χ3n) is 4.69. The average molecular weight is 350 g/mol. The second-order valence-corrected chi connectivity index (χ2v) is 6.98. The van der Waals surface area contributed by atoms with Gasteiger partial charge >= 0.3 is 0 Å². The van der Waals surface area contributed by atoms with Crippen LogP contribution in [0.2, 0.25) is 0 Å². The first-order chi connectivity index (χ1) is 12.2. The number of amides is 1. The van der Waals surface area contributed by atoms with E-state index in [9.17, 15) is 9.18 Å². The van der Waals surface area contributed by atoms with Crippen LogP contribution in [-0.4, -0.2) is 23.9 Å². The highest BCUT2D eigenvalue weighted by Crippen LogP contribution is 2.12. The molecule has 1 amide bonds. The van der Waals surface area contributed by atoms with Crippen LogP contribution in [-0.2, 0) is 0 Å². The summed E-state index contributed by atoms with van der Waals surface area (Å²) in [6.07, 6.45) is 13.3. The second-order valence-electron chi connectivity index (χ2n) is 6.98. The van der Waals surface area contributed by atoms with Gasteiger partial charge in [0, 0.05) is 18.7 Å². The minimum Gasteiger partial charge on any atom is -0.339 e. The maximum absolute atomic E-state index is 13.1. The zero-order valence-corrected chi connectivity index (χ0v) is 16.2. The fraction of sp³-hybridized carbons (Fsp3) is 0.682. The highest BCUT2D eigenvalue weighted by molar-refractivity contribution is 5.94. The normalized spacial score (nSPS) is 10.8. The summed E-state index contributed by atoms with van der Waals surface area (Å²) in [6.45, 7) is 6.07. The van der Waals surface area contributed by atoms with Gasteiger partial charge in [0.05, 0.1) is 0 Å². The maximum atomic E-state index is 13.1. The van der Waals surface area contributed by atoms with Gasteiger partial charge in [-0.25, -0.2) is 4.39 Å². The molecular weight excluding hydrogens is 313 g/mol. The number of carbonyl (C=O) groups is 1. The summed E-state index contributed by atoms with van der Waals surface area (Å²) >= 11 is 0. The van der Waals surface area contributed by atoms with Gasteiger partial charge in [-0.2, -0.15) is 0 Å². The van der Waals surface area contributed by atoms with Crippen molar-refractivity contribution in [2.24, 2.45) is 0 Å². The standard InChI is InChI=1S/C22H36FNO/c1-3-5-7-9-11-13-19-24(18-12-10-8-6-4-2)22(25)20-14-16-21(23)17-15-20/h14-17H,3-13,18-19H2,1-2H3. The van der Waals surface area contributed by atoms with Crippen molar-refractivity contribution >= 4 is 5.91 Å². The monoisotopic (exact) mass is 349 g/mol. The predicted molar refractivity (Wildman–Crippen MR) is 104 cm³/mol. The van der Waals surface area contributed by atoms with E-state index in [4.69, 9.17) is 0 Å². The van der Waals surface area contributed by atoms with Crippen molar-refractivity contribution in [2.45, 2.75) is 84.5 Å². The van der Waals surface area contributed by atoms with E-state index < -0.39 is 0 Å². The molecule has 1 aromatic rings. The molecule has 0 spiro atoms. The Morgan fingerprint density at radius 1 is 0.760 bits per heavy atom. The largest absolute Gasteiger partial charge is 0.339 e. The Morgan fingerprint density at radius 2 is 1.20 bits per heavy atom. The molecule has 0 radical (unpaired) electrons. The number of hydrogen-bond donors (Lipinski definition) is 0. The Kier molecular flexibility index (Phi) is 12.0. The molecule has 0 bridgehead atoms. The molecule has 0 aromatic heterocycles. The van der Waals surface area contributed by atoms with E-state index >= 15 is 0 Å². The highest BCUT2D eigenvalue weighted by atomic mass is 19.1. The van der Waals surface area contributed by atoms with Gasteiger partial charge in [0.2, 0.25) is 0 Å². The van der Waals surface area contributed by atoms with E-state index in [0.29, 0.717) is 5.56 Å². The molecular formula is C22H36FNO. The van der Waals surface area contributed by atoms with E-state index in [0.717, 1.165) is 25.9 Å². The van der Waals surface area contributed by atoms with E-state index in [1.165, 1.54) is 69.9 Å². The highest BCUT2D eigenvalue weighted by Gasteiger charge is 2.15. The smallest absolute Gasteiger partial charge is 0.253 e. The third-order valence-corrected chi connectivity index (χ3v) is 4.69. The van der Waals surface area contributed by atoms with Crippen LogP contribution in [0.4, 0.5) is 4.39 Å². The summed E-state index contributed by atoms with van der Waals surface area (Å²) in [5.74, 6) is -0.248. The number of nitrogens with zero attached hydrogens (tertiary/aromatic N) is 1. The zero-order valence-electron chi connectivity index (χ0n) is 16.2. The lowest BCUT2D eigenvalue weighted by molar-refractivity contribution is 0.0749. The third kappa shape index (κ3) is 9.62. The molecule has 0 aliphatic carbocycles. The van der Waals surface area contributed by atoms with Crippen LogP contribution >= 0.6 is 0 Å². The van der Waals surface area contributed by atoms with Crippen molar-refractivity contribution in [3.8, 4) is 0 Å². The summed E-state index contributed by atoms with van der Waals surface area (Å²) in [7, 11) is 0. The molecule has 0 fully saturated rings. The van der Waals surface area contributed by atoms with Gasteiger partial charge in [0.25, 0.3) is 5.91 Å². The summed E-state index contributed by atoms with van der Waals surface area (Å²) in [5.41, 5.74) is 0.598. The number of rotatable bonds is 14. The molecule has 0 N–H and O–H groups in total. The first-order valence-corrected chi connectivity index (χ1v) is 10.2. The lowest BCUT2D eigenvalue weighted by Gasteiger charge is -2.23. The molecule has 0 aliphatic heterocycles. The van der Waals surface area contributed by atoms with Crippen LogP contribution in [0.5, 0.6) is 0 Å². The Balaban J connectivity index is 2.48. The van der Waals surface area contributed by atoms with Crippen molar-refractivity contribution in [1.82, 2.24) is 4.90 Å². The molecule has 0 unspecified atom stereocenters. The summed E-state index contributed by atoms with van der Waals surface area (Å²) < 4.78 is 13.1. The lowest BCUT2D eigenvalue weighted by Crippen LogP contribution is -2.33. The fourth-order valence-corrected chi connectivity index (χ4v) is 3.08. The van der Waals surface area contributed by atoms with E-state index in [-0.39, 0.29) is 11.7 Å². The summed E-state index contributed by atoms with van der Waals surface area (Å²) in [5, 5.41) is 0. The fourth-order valence-electron chi connectivity index (χ4n) is 3.08. The molecule has 0 saturated carbocycles. The summed E-state index contributed by atoms with van der Waals surface area (Å²) in [6, 6.07) is 5.95. The molecule has 25 heavy (non-hydrogen) atoms. The van der Waals surface area contributed by atoms with E-state index in [2.05, 4.69) is 13.8 Å². The zero-order chi connectivity index (χ0) is 18.3. The van der Waals surface area contributed by atoms with Crippen molar-refractivity contribution in [3.63, 3.8) is 0 Å². The van der Waals surface area contributed by atoms with Gasteiger partial charge in [-0.05, 0) is 37.1 Å². The molecule has 0 saturated heterocycles. The quantitative estimate of drug-likeness (QED) is 0.347. The van der Waals surface area contributed by atoms with Crippen molar-refractivity contribution in [3.05, 3.63) is 35.6 Å². The minimum atomic E-state index is -0.293. The molecule has 0 atom stereocenters. The van der Waals surface area contributed by atoms with Crippen molar-refractivity contribution in [2.75, 3.05) is 13.1 Å². The Bertz CT molecular complexity index is 458. The number of carbonyl (C=O) groups excluding carboxylic acids is 1. The van der Waals surface area contributed by atoms with Crippen LogP contribution in [0, 0.1) is 5.82 Å². The number of benzene rings is 1. The Hall–Kier alpha value is -1.38. The van der Waals surface area contributed by atoms with Crippen LogP contribution in [0.1, 0.15) is 94.8 Å². The molecule has 3 heteroatoms. The van der Waals surface area contributed by atoms with Gasteiger partial charge in [0.15, 0.2) is 0 Å². The van der Waals surface area contributed by atoms with Crippen LogP contribution in [0.15, 0.2) is 24.3 Å². The lowest BCUT2D eigenvalue weighted by atomic mass is 10.1. The molecule has 0 heterocycles. The van der Waals surface area contributed by atoms with Crippen LogP contribution in [0.25, 0.3) is 0 Å². The predicted octanol–water partition coefficient (Wildman–Crippen LogP) is 6.60. The number of halogens is 1. The minimum absolute atomic E-state index is 0.0454. The Labute approximate surface area is 153 Å². The van der Waals surface area contributed by atoms with Crippen LogP contribution in [0.3, 0.4) is 0 Å². The molecule has 1 rings (SSSR count). The van der Waals surface area contributed by atoms with Gasteiger partial charge in [-0.15, -0.1) is 0 Å². The molecule has 1 aromatic carbocycles. The van der Waals surface area contributed by atoms with Gasteiger partial charge < -0.3 is 4.90 Å². The number of hydrogen-bond acceptors (Lipinski definition) is 1. The maximum Gasteiger partial charge on any atom is 0.253 e. The SMILES string of the molecule is CCCCCCCCN(CCCCCCC)C(=O)c1ccc(F)cc1. The molecule has 0 aliphatic rings. The average Bonchev–Trinajstić information content (AvgIpc) is 2.62. The van der Waals surface area contributed by atoms with E-state index in [1.807, 2.05) is 4.90 Å². The number of unbranched alkanes of at least 4 members (excludes halogenated alkanes) is 9. The van der Waals surface area contributed by atoms with Crippen LogP contribution < -0.4 is 0 Å². The molecule has 2 nitrogen and oxygen atoms in total. The van der Waals surface area contributed by atoms with Gasteiger partial charge in [-0.3, -0.25) is 4.79 Å². The van der Waals surface area contributed by atoms with Crippen molar-refractivity contribution in [1.29, 1.82) is 0 Å². The first kappa shape index (κ1) is 21.7. The summed E-state index contributed by atoms with van der Waals surface area (Å²) in [4.78, 5) is 14.7.